The summed E-state index contributed by atoms with van der Waals surface area (Å²) in [6.07, 6.45) is 1.08. The molecule has 3 rings (SSSR count). The third-order valence-corrected chi connectivity index (χ3v) is 4.15. The predicted octanol–water partition coefficient (Wildman–Crippen LogP) is 0.191. The van der Waals surface area contributed by atoms with Crippen LogP contribution >= 0.6 is 0 Å². The number of hydrogen-bond acceptors (Lipinski definition) is 5. The molecule has 2 aliphatic heterocycles. The van der Waals surface area contributed by atoms with Gasteiger partial charge in [0.1, 0.15) is 6.04 Å². The molecule has 2 bridgehead atoms. The summed E-state index contributed by atoms with van der Waals surface area (Å²) in [4.78, 5) is 46.0. The minimum atomic E-state index is -2.66. The van der Waals surface area contributed by atoms with Crippen molar-refractivity contribution >= 4 is 17.9 Å². The smallest absolute Gasteiger partial charge is 0.368 e. The second kappa shape index (κ2) is 6.36. The molecule has 0 aromatic heterocycles. The first kappa shape index (κ1) is 16.7. The highest BCUT2D eigenvalue weighted by molar-refractivity contribution is 5.91. The molecule has 132 valence electrons. The second-order valence-electron chi connectivity index (χ2n) is 6.12. The van der Waals surface area contributed by atoms with Gasteiger partial charge in [-0.1, -0.05) is 6.08 Å². The summed E-state index contributed by atoms with van der Waals surface area (Å²) < 4.78 is 13.3. The molecule has 2 heterocycles. The topological polar surface area (TPSA) is 108 Å². The van der Waals surface area contributed by atoms with E-state index >= 15 is 0 Å². The average Bonchev–Trinajstić information content (AvgIpc) is 3.31. The normalized spacial score (nSPS) is 27.1. The van der Waals surface area contributed by atoms with E-state index in [4.69, 9.17) is 9.94 Å². The van der Waals surface area contributed by atoms with E-state index in [2.05, 4.69) is 10.3 Å². The lowest BCUT2D eigenvalue weighted by Crippen LogP contribution is -2.50. The first-order valence-corrected chi connectivity index (χ1v) is 7.62. The highest BCUT2D eigenvalue weighted by Crippen LogP contribution is 2.31. The van der Waals surface area contributed by atoms with Crippen molar-refractivity contribution in [2.45, 2.75) is 38.2 Å². The van der Waals surface area contributed by atoms with Crippen molar-refractivity contribution < 1.29 is 33.6 Å². The van der Waals surface area contributed by atoms with Gasteiger partial charge >= 0.3 is 18.4 Å². The number of urea groups is 1. The summed E-state index contributed by atoms with van der Waals surface area (Å²) in [7, 11) is 0. The number of nitrogens with zero attached hydrogens (tertiary/aromatic N) is 2. The molecule has 1 saturated carbocycles. The van der Waals surface area contributed by atoms with E-state index in [1.54, 1.807) is 13.0 Å². The maximum atomic E-state index is 13.3. The number of carboxylic acids is 1. The van der Waals surface area contributed by atoms with Crippen LogP contribution in [0.15, 0.2) is 11.6 Å². The molecule has 2 N–H and O–H groups in total. The van der Waals surface area contributed by atoms with Crippen LogP contribution in [0.5, 0.6) is 0 Å². The standard InChI is InChI=1S/C14H18FN3O6/c1-7-4-9-5-17(14(22)18(9)24-11(15)13(20)21)10(7)12(19)16-23-6-8-2-3-8/h4,8-11H,2-3,5-6H2,1H3,(H,16,19)(H,20,21)/t9-,10+,11-/m1/s1. The van der Waals surface area contributed by atoms with E-state index in [9.17, 15) is 18.8 Å². The van der Waals surface area contributed by atoms with E-state index in [0.29, 0.717) is 23.2 Å². The Morgan fingerprint density at radius 3 is 2.83 bits per heavy atom. The fourth-order valence-corrected chi connectivity index (χ4v) is 2.79. The number of carboxylic acid groups (broad SMARTS) is 1. The molecule has 10 heteroatoms. The maximum absolute atomic E-state index is 13.3. The van der Waals surface area contributed by atoms with Crippen LogP contribution < -0.4 is 5.48 Å². The Bertz CT molecular complexity index is 593. The van der Waals surface area contributed by atoms with Crippen molar-refractivity contribution in [3.8, 4) is 0 Å². The number of hydroxylamine groups is 3. The van der Waals surface area contributed by atoms with Crippen molar-refractivity contribution in [3.05, 3.63) is 11.6 Å². The molecule has 0 aromatic carbocycles. The van der Waals surface area contributed by atoms with Crippen molar-refractivity contribution in [1.29, 1.82) is 0 Å². The summed E-state index contributed by atoms with van der Waals surface area (Å²) in [5, 5.41) is 9.21. The van der Waals surface area contributed by atoms with Gasteiger partial charge in [0.25, 0.3) is 5.91 Å². The number of amides is 3. The molecule has 3 amide bonds. The molecule has 1 saturated heterocycles. The number of hydrogen-bond donors (Lipinski definition) is 2. The summed E-state index contributed by atoms with van der Waals surface area (Å²) in [6, 6.07) is -2.31. The van der Waals surface area contributed by atoms with Gasteiger partial charge in [-0.05, 0) is 31.3 Å². The lowest BCUT2D eigenvalue weighted by molar-refractivity contribution is -0.219. The minimum Gasteiger partial charge on any atom is -0.477 e. The highest BCUT2D eigenvalue weighted by Gasteiger charge is 2.48. The Morgan fingerprint density at radius 1 is 1.50 bits per heavy atom. The van der Waals surface area contributed by atoms with Crippen LogP contribution in [0.4, 0.5) is 9.18 Å². The summed E-state index contributed by atoms with van der Waals surface area (Å²) in [5.41, 5.74) is 2.90. The summed E-state index contributed by atoms with van der Waals surface area (Å²) in [6.45, 7) is 2.18. The van der Waals surface area contributed by atoms with Gasteiger partial charge in [0.05, 0.1) is 19.2 Å². The van der Waals surface area contributed by atoms with E-state index in [0.717, 1.165) is 12.8 Å². The van der Waals surface area contributed by atoms with E-state index in [-0.39, 0.29) is 6.54 Å². The number of carbonyl (C=O) groups is 3. The third-order valence-electron chi connectivity index (χ3n) is 4.15. The average molecular weight is 343 g/mol. The van der Waals surface area contributed by atoms with Gasteiger partial charge in [0.2, 0.25) is 0 Å². The molecule has 0 radical (unpaired) electrons. The van der Waals surface area contributed by atoms with E-state index in [1.807, 2.05) is 0 Å². The highest BCUT2D eigenvalue weighted by atomic mass is 19.1. The van der Waals surface area contributed by atoms with E-state index in [1.165, 1.54) is 4.90 Å². The molecule has 9 nitrogen and oxygen atoms in total. The Kier molecular flexibility index (Phi) is 4.41. The number of aliphatic carboxylic acids is 1. The van der Waals surface area contributed by atoms with Crippen LogP contribution in [0.3, 0.4) is 0 Å². The molecule has 3 aliphatic rings. The monoisotopic (exact) mass is 343 g/mol. The first-order valence-electron chi connectivity index (χ1n) is 7.62. The second-order valence-corrected chi connectivity index (χ2v) is 6.12. The Hall–Kier alpha value is -2.20. The van der Waals surface area contributed by atoms with Gasteiger partial charge in [0, 0.05) is 0 Å². The van der Waals surface area contributed by atoms with Crippen LogP contribution in [0, 0.1) is 5.92 Å². The number of alkyl halides is 1. The largest absolute Gasteiger partial charge is 0.477 e. The van der Waals surface area contributed by atoms with Crippen LogP contribution in [0.2, 0.25) is 0 Å². The van der Waals surface area contributed by atoms with Crippen molar-refractivity contribution in [2.75, 3.05) is 13.2 Å². The zero-order valence-corrected chi connectivity index (χ0v) is 13.0. The van der Waals surface area contributed by atoms with Gasteiger partial charge < -0.3 is 10.0 Å². The van der Waals surface area contributed by atoms with Crippen LogP contribution in [-0.4, -0.2) is 64.6 Å². The molecular formula is C14H18FN3O6. The number of nitrogens with one attached hydrogen (secondary N) is 1. The van der Waals surface area contributed by atoms with Crippen molar-refractivity contribution in [1.82, 2.24) is 15.4 Å². The van der Waals surface area contributed by atoms with Gasteiger partial charge in [-0.15, -0.1) is 0 Å². The zero-order chi connectivity index (χ0) is 17.4. The molecule has 0 aromatic rings. The molecule has 2 fully saturated rings. The number of rotatable bonds is 7. The van der Waals surface area contributed by atoms with Crippen LogP contribution in [-0.2, 0) is 19.3 Å². The SMILES string of the molecule is CC1=C[C@@H]2CN(C(=O)N2O[C@@H](F)C(=O)O)[C@@H]1C(=O)NOCC1CC1. The first-order chi connectivity index (χ1) is 11.4. The molecule has 3 atom stereocenters. The van der Waals surface area contributed by atoms with E-state index < -0.39 is 36.3 Å². The van der Waals surface area contributed by atoms with Gasteiger partial charge in [-0.25, -0.2) is 24.3 Å². The molecule has 24 heavy (non-hydrogen) atoms. The summed E-state index contributed by atoms with van der Waals surface area (Å²) in [5.74, 6) is -1.87. The van der Waals surface area contributed by atoms with Gasteiger partial charge in [0.15, 0.2) is 0 Å². The fourth-order valence-electron chi connectivity index (χ4n) is 2.79. The molecule has 0 spiro atoms. The van der Waals surface area contributed by atoms with Gasteiger partial charge in [-0.2, -0.15) is 5.06 Å². The lowest BCUT2D eigenvalue weighted by atomic mass is 10.0. The third kappa shape index (κ3) is 3.20. The van der Waals surface area contributed by atoms with Crippen molar-refractivity contribution in [3.63, 3.8) is 0 Å². The number of halogens is 1. The fraction of sp³-hybridized carbons (Fsp3) is 0.643. The molecule has 0 unspecified atom stereocenters. The minimum absolute atomic E-state index is 0.100. The number of fused-ring (bicyclic) bond motifs is 2. The zero-order valence-electron chi connectivity index (χ0n) is 13.0. The lowest BCUT2D eigenvalue weighted by Gasteiger charge is -2.28. The Balaban J connectivity index is 1.65. The van der Waals surface area contributed by atoms with Crippen molar-refractivity contribution in [2.24, 2.45) is 5.92 Å². The molecular weight excluding hydrogens is 325 g/mol. The Morgan fingerprint density at radius 2 is 2.21 bits per heavy atom. The maximum Gasteiger partial charge on any atom is 0.368 e. The van der Waals surface area contributed by atoms with Crippen LogP contribution in [0.25, 0.3) is 0 Å². The number of carbonyl (C=O) groups excluding carboxylic acids is 2. The Labute approximate surface area is 136 Å². The quantitative estimate of drug-likeness (QED) is 0.505. The summed E-state index contributed by atoms with van der Waals surface area (Å²) >= 11 is 0. The molecule has 1 aliphatic carbocycles. The predicted molar refractivity (Wildman–Crippen MR) is 75.7 cm³/mol. The van der Waals surface area contributed by atoms with Gasteiger partial charge in [-0.3, -0.25) is 9.63 Å². The van der Waals surface area contributed by atoms with Crippen LogP contribution in [0.1, 0.15) is 19.8 Å².